The molecule has 4 heteroatoms. The first kappa shape index (κ1) is 12.8. The molecule has 0 spiro atoms. The monoisotopic (exact) mass is 240 g/mol. The average Bonchev–Trinajstić information content (AvgIpc) is 2.37. The van der Waals surface area contributed by atoms with E-state index in [1.165, 1.54) is 12.8 Å². The molecule has 1 saturated heterocycles. The van der Waals surface area contributed by atoms with Gasteiger partial charge in [-0.2, -0.15) is 0 Å². The summed E-state index contributed by atoms with van der Waals surface area (Å²) in [4.78, 5) is 13.9. The molecule has 0 aromatic carbocycles. The van der Waals surface area contributed by atoms with Gasteiger partial charge in [0, 0.05) is 25.6 Å². The van der Waals surface area contributed by atoms with Crippen LogP contribution >= 0.6 is 0 Å². The van der Waals surface area contributed by atoms with E-state index >= 15 is 0 Å². The molecular weight excluding hydrogens is 216 g/mol. The summed E-state index contributed by atoms with van der Waals surface area (Å²) in [5.41, 5.74) is 5.96. The maximum Gasteiger partial charge on any atom is 0.222 e. The van der Waals surface area contributed by atoms with Gasteiger partial charge in [-0.15, -0.1) is 0 Å². The number of amides is 1. The standard InChI is InChI=1S/C13H24N2O2/c14-12-3-1-2-11(10-12)4-5-13(16)15-6-8-17-9-7-15/h11-12H,1-10,14H2. The maximum absolute atomic E-state index is 12.0. The quantitative estimate of drug-likeness (QED) is 0.805. The van der Waals surface area contributed by atoms with Crippen molar-refractivity contribution in [1.29, 1.82) is 0 Å². The van der Waals surface area contributed by atoms with Crippen LogP contribution in [0.1, 0.15) is 38.5 Å². The van der Waals surface area contributed by atoms with E-state index in [9.17, 15) is 4.79 Å². The van der Waals surface area contributed by atoms with Crippen LogP contribution < -0.4 is 5.73 Å². The first-order valence-electron chi connectivity index (χ1n) is 6.87. The molecule has 1 saturated carbocycles. The van der Waals surface area contributed by atoms with E-state index in [0.29, 0.717) is 37.5 Å². The molecule has 1 aliphatic carbocycles. The van der Waals surface area contributed by atoms with E-state index in [-0.39, 0.29) is 0 Å². The lowest BCUT2D eigenvalue weighted by molar-refractivity contribution is -0.135. The normalized spacial score (nSPS) is 30.3. The number of hydrogen-bond acceptors (Lipinski definition) is 3. The van der Waals surface area contributed by atoms with Crippen molar-refractivity contribution in [3.05, 3.63) is 0 Å². The minimum Gasteiger partial charge on any atom is -0.378 e. The highest BCUT2D eigenvalue weighted by molar-refractivity contribution is 5.76. The lowest BCUT2D eigenvalue weighted by Gasteiger charge is -2.29. The Bertz CT molecular complexity index is 252. The number of nitrogens with zero attached hydrogens (tertiary/aromatic N) is 1. The fourth-order valence-electron chi connectivity index (χ4n) is 2.89. The minimum absolute atomic E-state index is 0.299. The van der Waals surface area contributed by atoms with Crippen LogP contribution in [-0.2, 0) is 9.53 Å². The van der Waals surface area contributed by atoms with Gasteiger partial charge in [-0.05, 0) is 25.2 Å². The largest absolute Gasteiger partial charge is 0.378 e. The predicted molar refractivity (Wildman–Crippen MR) is 66.6 cm³/mol. The summed E-state index contributed by atoms with van der Waals surface area (Å²) in [6.45, 7) is 2.92. The smallest absolute Gasteiger partial charge is 0.222 e. The molecule has 0 aromatic rings. The van der Waals surface area contributed by atoms with Crippen molar-refractivity contribution in [2.45, 2.75) is 44.6 Å². The second kappa shape index (κ2) is 6.36. The summed E-state index contributed by atoms with van der Waals surface area (Å²) >= 11 is 0. The Morgan fingerprint density at radius 2 is 2.06 bits per heavy atom. The molecule has 4 nitrogen and oxygen atoms in total. The van der Waals surface area contributed by atoms with E-state index in [0.717, 1.165) is 32.4 Å². The summed E-state index contributed by atoms with van der Waals surface area (Å²) in [6, 6.07) is 0.368. The molecule has 2 N–H and O–H groups in total. The van der Waals surface area contributed by atoms with Gasteiger partial charge in [-0.1, -0.05) is 12.8 Å². The van der Waals surface area contributed by atoms with Gasteiger partial charge in [0.05, 0.1) is 13.2 Å². The Labute approximate surface area is 103 Å². The van der Waals surface area contributed by atoms with Crippen molar-refractivity contribution in [2.24, 2.45) is 11.7 Å². The fraction of sp³-hybridized carbons (Fsp3) is 0.923. The summed E-state index contributed by atoms with van der Waals surface area (Å²) in [5.74, 6) is 0.969. The lowest BCUT2D eigenvalue weighted by atomic mass is 9.83. The van der Waals surface area contributed by atoms with Gasteiger partial charge in [0.25, 0.3) is 0 Å². The second-order valence-electron chi connectivity index (χ2n) is 5.32. The molecule has 2 fully saturated rings. The number of carbonyl (C=O) groups excluding carboxylic acids is 1. The molecule has 1 heterocycles. The first-order valence-corrected chi connectivity index (χ1v) is 6.87. The number of carbonyl (C=O) groups is 1. The lowest BCUT2D eigenvalue weighted by Crippen LogP contribution is -2.40. The molecule has 1 aliphatic heterocycles. The number of morpholine rings is 1. The van der Waals surface area contributed by atoms with Gasteiger partial charge in [0.15, 0.2) is 0 Å². The van der Waals surface area contributed by atoms with E-state index in [1.807, 2.05) is 4.90 Å². The highest BCUT2D eigenvalue weighted by Gasteiger charge is 2.22. The second-order valence-corrected chi connectivity index (χ2v) is 5.32. The zero-order chi connectivity index (χ0) is 12.1. The number of rotatable bonds is 3. The molecule has 2 atom stereocenters. The topological polar surface area (TPSA) is 55.6 Å². The van der Waals surface area contributed by atoms with Crippen LogP contribution in [0.15, 0.2) is 0 Å². The molecule has 2 aliphatic rings. The Hall–Kier alpha value is -0.610. The fourth-order valence-corrected chi connectivity index (χ4v) is 2.89. The van der Waals surface area contributed by atoms with Crippen LogP contribution in [0, 0.1) is 5.92 Å². The van der Waals surface area contributed by atoms with Crippen molar-refractivity contribution in [3.63, 3.8) is 0 Å². The molecule has 2 unspecified atom stereocenters. The van der Waals surface area contributed by atoms with Crippen LogP contribution in [0.5, 0.6) is 0 Å². The Morgan fingerprint density at radius 3 is 2.76 bits per heavy atom. The van der Waals surface area contributed by atoms with Crippen LogP contribution in [0.4, 0.5) is 0 Å². The van der Waals surface area contributed by atoms with Crippen molar-refractivity contribution in [2.75, 3.05) is 26.3 Å². The Kier molecular flexibility index (Phi) is 4.80. The SMILES string of the molecule is NC1CCCC(CCC(=O)N2CCOCC2)C1. The first-order chi connectivity index (χ1) is 8.25. The van der Waals surface area contributed by atoms with E-state index in [4.69, 9.17) is 10.5 Å². The predicted octanol–water partition coefficient (Wildman–Crippen LogP) is 1.14. The number of ether oxygens (including phenoxy) is 1. The Balaban J connectivity index is 1.68. The molecular formula is C13H24N2O2. The van der Waals surface area contributed by atoms with Crippen molar-refractivity contribution >= 4 is 5.91 Å². The van der Waals surface area contributed by atoms with E-state index in [1.54, 1.807) is 0 Å². The van der Waals surface area contributed by atoms with Crippen molar-refractivity contribution in [1.82, 2.24) is 4.90 Å². The van der Waals surface area contributed by atoms with Gasteiger partial charge in [0.2, 0.25) is 5.91 Å². The third-order valence-electron chi connectivity index (χ3n) is 3.95. The molecule has 1 amide bonds. The third kappa shape index (κ3) is 3.96. The van der Waals surface area contributed by atoms with Crippen LogP contribution in [0.25, 0.3) is 0 Å². The van der Waals surface area contributed by atoms with E-state index < -0.39 is 0 Å². The van der Waals surface area contributed by atoms with Crippen molar-refractivity contribution < 1.29 is 9.53 Å². The van der Waals surface area contributed by atoms with Gasteiger partial charge < -0.3 is 15.4 Å². The van der Waals surface area contributed by atoms with Crippen molar-refractivity contribution in [3.8, 4) is 0 Å². The average molecular weight is 240 g/mol. The molecule has 0 radical (unpaired) electrons. The van der Waals surface area contributed by atoms with Gasteiger partial charge in [-0.25, -0.2) is 0 Å². The van der Waals surface area contributed by atoms with Gasteiger partial charge in [-0.3, -0.25) is 4.79 Å². The summed E-state index contributed by atoms with van der Waals surface area (Å²) in [6.07, 6.45) is 6.47. The summed E-state index contributed by atoms with van der Waals surface area (Å²) < 4.78 is 5.25. The summed E-state index contributed by atoms with van der Waals surface area (Å²) in [5, 5.41) is 0. The zero-order valence-corrected chi connectivity index (χ0v) is 10.6. The molecule has 98 valence electrons. The molecule has 0 aromatic heterocycles. The highest BCUT2D eigenvalue weighted by Crippen LogP contribution is 2.27. The molecule has 0 bridgehead atoms. The minimum atomic E-state index is 0.299. The van der Waals surface area contributed by atoms with Crippen LogP contribution in [0.3, 0.4) is 0 Å². The summed E-state index contributed by atoms with van der Waals surface area (Å²) in [7, 11) is 0. The van der Waals surface area contributed by atoms with Gasteiger partial charge >= 0.3 is 0 Å². The highest BCUT2D eigenvalue weighted by atomic mass is 16.5. The third-order valence-corrected chi connectivity index (χ3v) is 3.95. The zero-order valence-electron chi connectivity index (χ0n) is 10.6. The van der Waals surface area contributed by atoms with Crippen LogP contribution in [-0.4, -0.2) is 43.2 Å². The molecule has 17 heavy (non-hydrogen) atoms. The number of hydrogen-bond donors (Lipinski definition) is 1. The number of nitrogens with two attached hydrogens (primary N) is 1. The van der Waals surface area contributed by atoms with Crippen LogP contribution in [0.2, 0.25) is 0 Å². The maximum atomic E-state index is 12.0. The molecule has 2 rings (SSSR count). The van der Waals surface area contributed by atoms with E-state index in [2.05, 4.69) is 0 Å². The van der Waals surface area contributed by atoms with Gasteiger partial charge in [0.1, 0.15) is 0 Å². The Morgan fingerprint density at radius 1 is 1.29 bits per heavy atom.